The van der Waals surface area contributed by atoms with E-state index in [1.807, 2.05) is 11.4 Å². The molecule has 1 atom stereocenters. The molecule has 0 aromatic heterocycles. The first kappa shape index (κ1) is 23.0. The van der Waals surface area contributed by atoms with Crippen LogP contribution in [0.15, 0.2) is 59.5 Å². The maximum absolute atomic E-state index is 12.6. The first-order valence-corrected chi connectivity index (χ1v) is 10.5. The minimum Gasteiger partial charge on any atom is -0.448 e. The van der Waals surface area contributed by atoms with Gasteiger partial charge < -0.3 is 10.5 Å². The van der Waals surface area contributed by atoms with Crippen LogP contribution in [-0.2, 0) is 26.1 Å². The predicted octanol–water partition coefficient (Wildman–Crippen LogP) is 1.54. The number of imide groups is 1. The van der Waals surface area contributed by atoms with Crippen LogP contribution in [0, 0.1) is 5.92 Å². The molecule has 0 radical (unpaired) electrons. The third-order valence-electron chi connectivity index (χ3n) is 4.03. The minimum atomic E-state index is -3.89. The Morgan fingerprint density at radius 2 is 1.70 bits per heavy atom. The van der Waals surface area contributed by atoms with Crippen LogP contribution in [0.4, 0.5) is 4.79 Å². The van der Waals surface area contributed by atoms with Crippen molar-refractivity contribution in [2.75, 3.05) is 0 Å². The number of amides is 3. The van der Waals surface area contributed by atoms with Crippen LogP contribution < -0.4 is 15.8 Å². The Kier molecular flexibility index (Phi) is 7.67. The predicted molar refractivity (Wildman–Crippen MR) is 109 cm³/mol. The summed E-state index contributed by atoms with van der Waals surface area (Å²) in [7, 11) is -3.89. The number of carbonyl (C=O) groups excluding carboxylic acids is 3. The highest BCUT2D eigenvalue weighted by Crippen LogP contribution is 2.16. The van der Waals surface area contributed by atoms with Gasteiger partial charge in [-0.05, 0) is 29.7 Å². The Morgan fingerprint density at radius 1 is 1.03 bits per heavy atom. The summed E-state index contributed by atoms with van der Waals surface area (Å²) in [6.07, 6.45) is -1.28. The Balaban J connectivity index is 2.15. The number of carbonyl (C=O) groups is 3. The quantitative estimate of drug-likeness (QED) is 0.539. The lowest BCUT2D eigenvalue weighted by Gasteiger charge is -2.20. The second-order valence-corrected chi connectivity index (χ2v) is 8.53. The minimum absolute atomic E-state index is 0.0601. The molecule has 0 aliphatic heterocycles. The van der Waals surface area contributed by atoms with Crippen molar-refractivity contribution in [3.63, 3.8) is 0 Å². The van der Waals surface area contributed by atoms with E-state index in [1.165, 1.54) is 18.2 Å². The Morgan fingerprint density at radius 3 is 2.30 bits per heavy atom. The molecule has 0 aliphatic rings. The smallest absolute Gasteiger partial charge is 0.338 e. The number of rotatable bonds is 8. The Labute approximate surface area is 174 Å². The van der Waals surface area contributed by atoms with Crippen LogP contribution in [0.2, 0.25) is 0 Å². The molecule has 10 heteroatoms. The fourth-order valence-electron chi connectivity index (χ4n) is 2.52. The normalized spacial score (nSPS) is 12.2. The fraction of sp³-hybridized carbons (Fsp3) is 0.250. The molecule has 0 saturated heterocycles. The molecule has 0 bridgehead atoms. The molecule has 0 aliphatic carbocycles. The summed E-state index contributed by atoms with van der Waals surface area (Å²) in [5, 5.41) is 1.87. The molecule has 2 aromatic carbocycles. The number of sulfonamides is 1. The zero-order valence-electron chi connectivity index (χ0n) is 16.5. The van der Waals surface area contributed by atoms with Gasteiger partial charge in [-0.3, -0.25) is 10.1 Å². The highest BCUT2D eigenvalue weighted by atomic mass is 32.2. The van der Waals surface area contributed by atoms with E-state index >= 15 is 0 Å². The monoisotopic (exact) mass is 433 g/mol. The molecule has 2 aromatic rings. The Hall–Kier alpha value is -3.24. The third-order valence-corrected chi connectivity index (χ3v) is 5.43. The van der Waals surface area contributed by atoms with Crippen molar-refractivity contribution in [2.24, 2.45) is 11.7 Å². The van der Waals surface area contributed by atoms with Crippen LogP contribution in [0.3, 0.4) is 0 Å². The van der Waals surface area contributed by atoms with Gasteiger partial charge in [0.2, 0.25) is 10.0 Å². The van der Waals surface area contributed by atoms with Gasteiger partial charge in [-0.15, -0.1) is 0 Å². The second kappa shape index (κ2) is 9.99. The van der Waals surface area contributed by atoms with Gasteiger partial charge in [0.25, 0.3) is 5.91 Å². The molecule has 0 spiro atoms. The van der Waals surface area contributed by atoms with Crippen molar-refractivity contribution >= 4 is 27.9 Å². The average Bonchev–Trinajstić information content (AvgIpc) is 2.70. The van der Waals surface area contributed by atoms with Gasteiger partial charge in [-0.25, -0.2) is 22.7 Å². The highest BCUT2D eigenvalue weighted by molar-refractivity contribution is 7.89. The molecule has 0 fully saturated rings. The van der Waals surface area contributed by atoms with Crippen molar-refractivity contribution in [1.29, 1.82) is 0 Å². The summed E-state index contributed by atoms with van der Waals surface area (Å²) in [6.45, 7) is 3.32. The number of benzene rings is 2. The summed E-state index contributed by atoms with van der Waals surface area (Å²) >= 11 is 0. The van der Waals surface area contributed by atoms with E-state index in [-0.39, 0.29) is 17.0 Å². The van der Waals surface area contributed by atoms with Crippen LogP contribution in [0.25, 0.3) is 0 Å². The maximum Gasteiger partial charge on any atom is 0.338 e. The number of hydrogen-bond acceptors (Lipinski definition) is 6. The van der Waals surface area contributed by atoms with Gasteiger partial charge in [-0.1, -0.05) is 50.2 Å². The van der Waals surface area contributed by atoms with Gasteiger partial charge >= 0.3 is 12.0 Å². The van der Waals surface area contributed by atoms with Crippen molar-refractivity contribution in [1.82, 2.24) is 10.0 Å². The van der Waals surface area contributed by atoms with Crippen molar-refractivity contribution in [3.8, 4) is 0 Å². The van der Waals surface area contributed by atoms with Crippen molar-refractivity contribution in [3.05, 3.63) is 65.7 Å². The lowest BCUT2D eigenvalue weighted by atomic mass is 10.1. The van der Waals surface area contributed by atoms with E-state index in [2.05, 4.69) is 4.72 Å². The fourth-order valence-corrected chi connectivity index (χ4v) is 3.58. The standard InChI is InChI=1S/C20H23N3O6S/c1-13(2)17(18(24)23-20(21)26)29-19(25)15-9-6-10-16(11-15)30(27,28)22-12-14-7-4-3-5-8-14/h3-11,13,17,22H,12H2,1-2H3,(H3,21,23,24,26). The lowest BCUT2D eigenvalue weighted by Crippen LogP contribution is -2.45. The van der Waals surface area contributed by atoms with E-state index in [1.54, 1.807) is 38.1 Å². The number of nitrogens with one attached hydrogen (secondary N) is 2. The van der Waals surface area contributed by atoms with E-state index in [4.69, 9.17) is 10.5 Å². The molecule has 0 saturated carbocycles. The SMILES string of the molecule is CC(C)C(OC(=O)c1cccc(S(=O)(=O)NCc2ccccc2)c1)C(=O)NC(N)=O. The van der Waals surface area contributed by atoms with E-state index in [0.717, 1.165) is 11.6 Å². The number of hydrogen-bond donors (Lipinski definition) is 3. The second-order valence-electron chi connectivity index (χ2n) is 6.76. The summed E-state index contributed by atoms with van der Waals surface area (Å²) in [5.41, 5.74) is 5.64. The van der Waals surface area contributed by atoms with Crippen molar-refractivity contribution in [2.45, 2.75) is 31.4 Å². The van der Waals surface area contributed by atoms with Crippen LogP contribution >= 0.6 is 0 Å². The van der Waals surface area contributed by atoms with Gasteiger partial charge in [0.05, 0.1) is 10.5 Å². The lowest BCUT2D eigenvalue weighted by molar-refractivity contribution is -0.130. The molecule has 30 heavy (non-hydrogen) atoms. The van der Waals surface area contributed by atoms with Crippen molar-refractivity contribution < 1.29 is 27.5 Å². The number of ether oxygens (including phenoxy) is 1. The van der Waals surface area contributed by atoms with Gasteiger partial charge in [0, 0.05) is 6.54 Å². The molecular weight excluding hydrogens is 410 g/mol. The van der Waals surface area contributed by atoms with Crippen LogP contribution in [0.5, 0.6) is 0 Å². The van der Waals surface area contributed by atoms with E-state index in [9.17, 15) is 22.8 Å². The largest absolute Gasteiger partial charge is 0.448 e. The molecule has 4 N–H and O–H groups in total. The zero-order valence-corrected chi connectivity index (χ0v) is 17.3. The number of esters is 1. The third kappa shape index (κ3) is 6.39. The summed E-state index contributed by atoms with van der Waals surface area (Å²) in [5.74, 6) is -2.22. The summed E-state index contributed by atoms with van der Waals surface area (Å²) in [6, 6.07) is 13.1. The molecule has 9 nitrogen and oxygen atoms in total. The van der Waals surface area contributed by atoms with Gasteiger partial charge in [0.15, 0.2) is 6.10 Å². The van der Waals surface area contributed by atoms with Crippen LogP contribution in [0.1, 0.15) is 29.8 Å². The molecule has 2 rings (SSSR count). The van der Waals surface area contributed by atoms with E-state index < -0.39 is 40.0 Å². The molecule has 0 heterocycles. The zero-order chi connectivity index (χ0) is 22.3. The van der Waals surface area contributed by atoms with E-state index in [0.29, 0.717) is 0 Å². The van der Waals surface area contributed by atoms with Gasteiger partial charge in [0.1, 0.15) is 0 Å². The van der Waals surface area contributed by atoms with Crippen LogP contribution in [-0.4, -0.2) is 32.4 Å². The maximum atomic E-state index is 12.6. The first-order valence-electron chi connectivity index (χ1n) is 9.05. The first-order chi connectivity index (χ1) is 14.1. The molecule has 3 amide bonds. The summed E-state index contributed by atoms with van der Waals surface area (Å²) < 4.78 is 32.8. The molecular formula is C20H23N3O6S. The van der Waals surface area contributed by atoms with Gasteiger partial charge in [-0.2, -0.15) is 0 Å². The topological polar surface area (TPSA) is 145 Å². The molecule has 160 valence electrons. The number of nitrogens with two attached hydrogens (primary N) is 1. The molecule has 1 unspecified atom stereocenters. The average molecular weight is 433 g/mol. The summed E-state index contributed by atoms with van der Waals surface area (Å²) in [4.78, 5) is 35.2. The highest BCUT2D eigenvalue weighted by Gasteiger charge is 2.28. The number of primary amides is 1. The number of urea groups is 1. The Bertz CT molecular complexity index is 1020.